The van der Waals surface area contributed by atoms with Crippen molar-refractivity contribution in [2.45, 2.75) is 143 Å². The zero-order valence-corrected chi connectivity index (χ0v) is 57.6. The molecule has 0 spiro atoms. The smallest absolute Gasteiger partial charge is 0.200 e. The molecule has 0 aliphatic carbocycles. The van der Waals surface area contributed by atoms with Gasteiger partial charge in [0.25, 0.3) is 0 Å². The maximum atomic E-state index is 8.41. The highest BCUT2D eigenvalue weighted by Crippen LogP contribution is 2.36. The predicted octanol–water partition coefficient (Wildman–Crippen LogP) is 20.5. The van der Waals surface area contributed by atoms with Crippen LogP contribution in [0.3, 0.4) is 0 Å². The highest BCUT2D eigenvalue weighted by Gasteiger charge is 2.23. The monoisotopic (exact) mass is 1200 g/mol. The van der Waals surface area contributed by atoms with Gasteiger partial charge in [0, 0.05) is 33.9 Å². The van der Waals surface area contributed by atoms with E-state index in [1.54, 1.807) is 6.07 Å². The molecule has 4 heterocycles. The fourth-order valence-corrected chi connectivity index (χ4v) is 12.9. The molecule has 1 unspecified atom stereocenters. The molecule has 0 saturated carbocycles. The lowest BCUT2D eigenvalue weighted by molar-refractivity contribution is -0.659. The average Bonchev–Trinajstić information content (AvgIpc) is 0.779. The van der Waals surface area contributed by atoms with Gasteiger partial charge in [0.2, 0.25) is 22.8 Å². The molecule has 0 aliphatic rings. The summed E-state index contributed by atoms with van der Waals surface area (Å²) in [5.41, 5.74) is 27.7. The summed E-state index contributed by atoms with van der Waals surface area (Å²) in [7, 11) is 8.33. The minimum absolute atomic E-state index is 0.0686. The van der Waals surface area contributed by atoms with E-state index >= 15 is 0 Å². The summed E-state index contributed by atoms with van der Waals surface area (Å²) in [5.74, 6) is -2.29. The fraction of sp³-hybridized carbons (Fsp3) is 0.302. The van der Waals surface area contributed by atoms with Crippen LogP contribution in [0.1, 0.15) is 146 Å². The molecule has 0 N–H and O–H groups in total. The van der Waals surface area contributed by atoms with Crippen molar-refractivity contribution in [1.29, 1.82) is 0 Å². The zero-order valence-electron chi connectivity index (χ0n) is 64.6. The van der Waals surface area contributed by atoms with Crippen molar-refractivity contribution in [3.63, 3.8) is 0 Å². The van der Waals surface area contributed by atoms with Crippen molar-refractivity contribution in [2.24, 2.45) is 34.1 Å². The van der Waals surface area contributed by atoms with E-state index in [1.807, 2.05) is 71.3 Å². The molecule has 0 aliphatic heterocycles. The number of fused-ring (bicyclic) bond motifs is 4. The van der Waals surface area contributed by atoms with Gasteiger partial charge in [-0.3, -0.25) is 0 Å². The van der Waals surface area contributed by atoms with Gasteiger partial charge < -0.3 is 0 Å². The molecule has 0 bridgehead atoms. The molecule has 12 rings (SSSR count). The van der Waals surface area contributed by atoms with Crippen molar-refractivity contribution in [1.82, 2.24) is 0 Å². The Kier molecular flexibility index (Phi) is 17.4. The van der Waals surface area contributed by atoms with Crippen molar-refractivity contribution in [2.75, 3.05) is 0 Å². The van der Waals surface area contributed by atoms with Gasteiger partial charge in [-0.05, 0) is 238 Å². The fourth-order valence-electron chi connectivity index (χ4n) is 12.9. The lowest BCUT2D eigenvalue weighted by Crippen LogP contribution is -2.30. The molecule has 12 aromatic rings. The Balaban J connectivity index is 0.000000152. The Morgan fingerprint density at radius 3 is 1.00 bits per heavy atom. The summed E-state index contributed by atoms with van der Waals surface area (Å²) in [5, 5.41) is 9.27. The third kappa shape index (κ3) is 14.2. The summed E-state index contributed by atoms with van der Waals surface area (Å²) >= 11 is 0. The van der Waals surface area contributed by atoms with Gasteiger partial charge in [0.15, 0.2) is 24.8 Å². The topological polar surface area (TPSA) is 15.5 Å². The number of rotatable bonds is 8. The number of hydrogen-bond acceptors (Lipinski definition) is 0. The number of nitrogens with zero attached hydrogens (tertiary/aromatic N) is 4. The summed E-state index contributed by atoms with van der Waals surface area (Å²) < 4.78 is 65.3. The molecule has 8 aromatic carbocycles. The Labute approximate surface area is 550 Å². The number of aryl methyl sites for hydroxylation is 12. The standard InChI is InChI=1S/C23H28N.2C22H26N.C19H20N/c1-15(2)11-19-7-8-21-20(14-19)9-10-24(6)23(21)22-13-16(3)12-17(4)18(22)5;2*1-14(2)18-7-8-20-19(13-18)9-10-23(6)22(20)21-12-15(3)11-16(4)17(21)5;1-13-11-14(2)15(3)18(12-13)19-17-8-6-5-7-16(17)9-10-20(19)4/h7-10,12-15H,11H2,1-6H3;2*7-14H,1-6H3;5-12H,1-4H3/q4*+1/i11D2;1D3,14D;14D;. The highest BCUT2D eigenvalue weighted by molar-refractivity contribution is 5.97. The number of benzene rings is 8. The molecule has 0 saturated heterocycles. The van der Waals surface area contributed by atoms with Crippen LogP contribution in [0.2, 0.25) is 0 Å². The van der Waals surface area contributed by atoms with Gasteiger partial charge in [-0.15, -0.1) is 0 Å². The van der Waals surface area contributed by atoms with Crippen molar-refractivity contribution in [3.05, 3.63) is 260 Å². The van der Waals surface area contributed by atoms with Crippen LogP contribution >= 0.6 is 0 Å². The second-order valence-corrected chi connectivity index (χ2v) is 26.0. The zero-order chi connectivity index (χ0) is 71.3. The second kappa shape index (κ2) is 27.6. The Bertz CT molecular complexity index is 5010. The second-order valence-electron chi connectivity index (χ2n) is 26.0. The molecule has 1 atom stereocenters. The number of hydrogen-bond donors (Lipinski definition) is 0. The van der Waals surface area contributed by atoms with Gasteiger partial charge in [0.05, 0.1) is 43.8 Å². The first-order chi connectivity index (χ1) is 45.3. The quantitative estimate of drug-likeness (QED) is 0.135. The van der Waals surface area contributed by atoms with Crippen LogP contribution in [-0.4, -0.2) is 0 Å². The van der Waals surface area contributed by atoms with E-state index < -0.39 is 25.0 Å². The molecule has 460 valence electrons. The normalized spacial score (nSPS) is 13.6. The number of pyridine rings is 4. The van der Waals surface area contributed by atoms with Gasteiger partial charge in [-0.1, -0.05) is 143 Å². The summed E-state index contributed by atoms with van der Waals surface area (Å²) in [6, 6.07) is 52.9. The minimum Gasteiger partial charge on any atom is -0.200 e. The average molecular weight is 1200 g/mol. The summed E-state index contributed by atoms with van der Waals surface area (Å²) in [6.45, 7) is 32.7. The van der Waals surface area contributed by atoms with Gasteiger partial charge >= 0.3 is 0 Å². The van der Waals surface area contributed by atoms with E-state index in [0.29, 0.717) is 5.56 Å². The molecule has 90 heavy (non-hydrogen) atoms. The van der Waals surface area contributed by atoms with Crippen LogP contribution in [0.5, 0.6) is 0 Å². The highest BCUT2D eigenvalue weighted by atomic mass is 14.9. The van der Waals surface area contributed by atoms with Gasteiger partial charge in [-0.2, -0.15) is 0 Å². The van der Waals surface area contributed by atoms with Gasteiger partial charge in [-0.25, -0.2) is 18.3 Å². The van der Waals surface area contributed by atoms with E-state index in [1.165, 1.54) is 135 Å². The SMILES string of the molecule is Cc1cc(C)c(C)c(-c2c3ccccc3cc[n+]2C)c1.[2H]C(C)(C)c1ccc2c(-c3cc(C)cc(C)c3C)[n+](C)ccc2c1.[2H]C([2H])([2H])C([2H])(C)c1ccc2c(-c3cc(C)cc(C)c3C)[n+](C)ccc2c1.[2H]C([2H])(c1ccc2c(-c3cc(C)cc(C)c3C)[n+](C)ccc2c1)C(C)C. The number of aromatic nitrogens is 4. The Hall–Kier alpha value is -8.60. The molecule has 0 amide bonds. The van der Waals surface area contributed by atoms with Crippen LogP contribution in [0.15, 0.2) is 176 Å². The molecule has 0 radical (unpaired) electrons. The van der Waals surface area contributed by atoms with Crippen LogP contribution in [0, 0.1) is 89.0 Å². The van der Waals surface area contributed by atoms with Crippen LogP contribution in [0.25, 0.3) is 88.1 Å². The Morgan fingerprint density at radius 1 is 0.344 bits per heavy atom. The maximum Gasteiger partial charge on any atom is 0.220 e. The third-order valence-corrected chi connectivity index (χ3v) is 18.2. The third-order valence-electron chi connectivity index (χ3n) is 18.2. The van der Waals surface area contributed by atoms with Crippen LogP contribution in [-0.2, 0) is 34.6 Å². The van der Waals surface area contributed by atoms with E-state index in [2.05, 4.69) is 256 Å². The van der Waals surface area contributed by atoms with Crippen LogP contribution < -0.4 is 18.3 Å². The molecular weight excluding hydrogens is 1090 g/mol. The lowest BCUT2D eigenvalue weighted by Gasteiger charge is -2.12. The van der Waals surface area contributed by atoms with Crippen molar-refractivity contribution < 1.29 is 27.9 Å². The van der Waals surface area contributed by atoms with Crippen molar-refractivity contribution >= 4 is 43.1 Å². The van der Waals surface area contributed by atoms with E-state index in [-0.39, 0.29) is 5.92 Å². The van der Waals surface area contributed by atoms with E-state index in [9.17, 15) is 0 Å². The van der Waals surface area contributed by atoms with Crippen molar-refractivity contribution in [3.8, 4) is 45.0 Å². The molecule has 4 nitrogen and oxygen atoms in total. The molecule has 4 heteroatoms. The lowest BCUT2D eigenvalue weighted by atomic mass is 9.93. The Morgan fingerprint density at radius 2 is 0.656 bits per heavy atom. The maximum absolute atomic E-state index is 8.41. The van der Waals surface area contributed by atoms with Crippen LogP contribution in [0.4, 0.5) is 0 Å². The summed E-state index contributed by atoms with van der Waals surface area (Å²) in [4.78, 5) is 0. The van der Waals surface area contributed by atoms with Gasteiger partial charge in [0.1, 0.15) is 28.2 Å². The minimum atomic E-state index is -2.38. The largest absolute Gasteiger partial charge is 0.220 e. The van der Waals surface area contributed by atoms with E-state index in [0.717, 1.165) is 38.4 Å². The molecule has 4 aromatic heterocycles. The first kappa shape index (κ1) is 56.6. The molecule has 0 fully saturated rings. The van der Waals surface area contributed by atoms with E-state index in [4.69, 9.17) is 9.60 Å². The predicted molar refractivity (Wildman–Crippen MR) is 386 cm³/mol. The summed E-state index contributed by atoms with van der Waals surface area (Å²) in [6.07, 6.45) is 7.01. The first-order valence-corrected chi connectivity index (χ1v) is 31.8. The first-order valence-electron chi connectivity index (χ1n) is 35.3. The molecular formula is C86H100N4+4.